The molecule has 0 aliphatic heterocycles. The van der Waals surface area contributed by atoms with Gasteiger partial charge in [-0.2, -0.15) is 0 Å². The lowest BCUT2D eigenvalue weighted by Gasteiger charge is -2.13. The summed E-state index contributed by atoms with van der Waals surface area (Å²) in [6.45, 7) is 0.977. The first kappa shape index (κ1) is 18.7. The molecular formula is C20H24N4O3. The van der Waals surface area contributed by atoms with Crippen LogP contribution in [0, 0.1) is 16.0 Å². The predicted molar refractivity (Wildman–Crippen MR) is 107 cm³/mol. The van der Waals surface area contributed by atoms with Crippen molar-refractivity contribution in [3.05, 3.63) is 58.1 Å². The van der Waals surface area contributed by atoms with Gasteiger partial charge in [0.2, 0.25) is 0 Å². The van der Waals surface area contributed by atoms with Crippen molar-refractivity contribution in [2.45, 2.75) is 25.7 Å². The van der Waals surface area contributed by atoms with Gasteiger partial charge >= 0.3 is 0 Å². The smallest absolute Gasteiger partial charge is 0.270 e. The van der Waals surface area contributed by atoms with E-state index >= 15 is 0 Å². The van der Waals surface area contributed by atoms with E-state index in [1.807, 2.05) is 24.3 Å². The number of hydrogen-bond donors (Lipinski definition) is 3. The second-order valence-corrected chi connectivity index (χ2v) is 6.80. The van der Waals surface area contributed by atoms with Crippen LogP contribution in [0.15, 0.2) is 42.5 Å². The van der Waals surface area contributed by atoms with Crippen molar-refractivity contribution in [3.63, 3.8) is 0 Å². The monoisotopic (exact) mass is 368 g/mol. The summed E-state index contributed by atoms with van der Waals surface area (Å²) in [5.74, 6) is 0.355. The quantitative estimate of drug-likeness (QED) is 0.494. The van der Waals surface area contributed by atoms with E-state index in [2.05, 4.69) is 16.0 Å². The van der Waals surface area contributed by atoms with Crippen LogP contribution in [-0.2, 0) is 0 Å². The van der Waals surface area contributed by atoms with Gasteiger partial charge in [-0.1, -0.05) is 12.8 Å². The zero-order valence-electron chi connectivity index (χ0n) is 15.3. The first-order chi connectivity index (χ1) is 13.1. The van der Waals surface area contributed by atoms with E-state index in [-0.39, 0.29) is 11.3 Å². The van der Waals surface area contributed by atoms with Crippen LogP contribution in [0.1, 0.15) is 36.0 Å². The van der Waals surface area contributed by atoms with Gasteiger partial charge in [-0.15, -0.1) is 0 Å². The molecule has 0 atom stereocenters. The summed E-state index contributed by atoms with van der Waals surface area (Å²) < 4.78 is 0. The third kappa shape index (κ3) is 4.75. The molecule has 0 bridgehead atoms. The molecule has 27 heavy (non-hydrogen) atoms. The van der Waals surface area contributed by atoms with Gasteiger partial charge in [0.25, 0.3) is 11.6 Å². The topological polar surface area (TPSA) is 96.3 Å². The lowest BCUT2D eigenvalue weighted by molar-refractivity contribution is -0.384. The Morgan fingerprint density at radius 1 is 1.11 bits per heavy atom. The van der Waals surface area contributed by atoms with Crippen LogP contribution >= 0.6 is 0 Å². The molecule has 1 amide bonds. The van der Waals surface area contributed by atoms with Gasteiger partial charge in [0, 0.05) is 42.8 Å². The number of hydrogen-bond acceptors (Lipinski definition) is 5. The van der Waals surface area contributed by atoms with E-state index < -0.39 is 10.8 Å². The van der Waals surface area contributed by atoms with E-state index in [9.17, 15) is 14.9 Å². The highest BCUT2D eigenvalue weighted by molar-refractivity contribution is 6.08. The second kappa shape index (κ2) is 8.53. The molecule has 7 heteroatoms. The molecule has 1 fully saturated rings. The van der Waals surface area contributed by atoms with Crippen molar-refractivity contribution >= 4 is 28.7 Å². The number of nitro groups is 1. The van der Waals surface area contributed by atoms with Crippen molar-refractivity contribution < 1.29 is 9.72 Å². The molecule has 0 unspecified atom stereocenters. The van der Waals surface area contributed by atoms with Crippen molar-refractivity contribution in [2.75, 3.05) is 29.5 Å². The highest BCUT2D eigenvalue weighted by Crippen LogP contribution is 2.26. The molecule has 0 radical (unpaired) electrons. The van der Waals surface area contributed by atoms with E-state index in [4.69, 9.17) is 0 Å². The molecule has 0 spiro atoms. The molecule has 1 aliphatic carbocycles. The number of nitro benzene ring substituents is 1. The number of anilines is 3. The Hall–Kier alpha value is -3.09. The van der Waals surface area contributed by atoms with Gasteiger partial charge in [0.15, 0.2) is 0 Å². The molecule has 3 rings (SSSR count). The number of amides is 1. The normalized spacial score (nSPS) is 14.0. The largest absolute Gasteiger partial charge is 0.387 e. The summed E-state index contributed by atoms with van der Waals surface area (Å²) in [4.78, 5) is 23.0. The lowest BCUT2D eigenvalue weighted by atomic mass is 10.1. The Labute approximate surface area is 158 Å². The van der Waals surface area contributed by atoms with E-state index in [1.54, 1.807) is 7.05 Å². The summed E-state index contributed by atoms with van der Waals surface area (Å²) in [7, 11) is 1.67. The second-order valence-electron chi connectivity index (χ2n) is 6.80. The number of non-ortho nitro benzene ring substituents is 1. The number of rotatable bonds is 7. The number of carbonyl (C=O) groups excluding carboxylic acids is 1. The molecule has 1 saturated carbocycles. The van der Waals surface area contributed by atoms with Crippen LogP contribution in [-0.4, -0.2) is 24.4 Å². The van der Waals surface area contributed by atoms with Crippen molar-refractivity contribution in [2.24, 2.45) is 5.92 Å². The molecule has 0 heterocycles. The summed E-state index contributed by atoms with van der Waals surface area (Å²) in [6.07, 6.45) is 5.23. The van der Waals surface area contributed by atoms with Gasteiger partial charge in [-0.05, 0) is 49.1 Å². The maximum atomic E-state index is 12.6. The highest BCUT2D eigenvalue weighted by atomic mass is 16.6. The highest BCUT2D eigenvalue weighted by Gasteiger charge is 2.17. The molecule has 0 aromatic heterocycles. The zero-order valence-corrected chi connectivity index (χ0v) is 15.3. The molecule has 7 nitrogen and oxygen atoms in total. The molecule has 0 saturated heterocycles. The van der Waals surface area contributed by atoms with Crippen LogP contribution in [0.3, 0.4) is 0 Å². The maximum absolute atomic E-state index is 12.6. The first-order valence-electron chi connectivity index (χ1n) is 9.18. The number of carbonyl (C=O) groups is 1. The SMILES string of the molecule is CNc1ccc([N+](=O)[O-])cc1C(=O)Nc1ccc(NCC2CCCC2)cc1. The number of nitrogens with zero attached hydrogens (tertiary/aromatic N) is 1. The average molecular weight is 368 g/mol. The minimum atomic E-state index is -0.513. The third-order valence-corrected chi connectivity index (χ3v) is 4.94. The Balaban J connectivity index is 1.65. The van der Waals surface area contributed by atoms with E-state index in [1.165, 1.54) is 43.9 Å². The standard InChI is InChI=1S/C20H24N4O3/c1-21-19-11-10-17(24(26)27)12-18(19)20(25)23-16-8-6-15(7-9-16)22-13-14-4-2-3-5-14/h6-12,14,21-22H,2-5,13H2,1H3,(H,23,25). The van der Waals surface area contributed by atoms with E-state index in [0.717, 1.165) is 18.2 Å². The molecule has 1 aliphatic rings. The summed E-state index contributed by atoms with van der Waals surface area (Å²) in [5, 5.41) is 20.1. The van der Waals surface area contributed by atoms with Gasteiger partial charge in [-0.3, -0.25) is 14.9 Å². The van der Waals surface area contributed by atoms with Gasteiger partial charge in [0.05, 0.1) is 10.5 Å². The van der Waals surface area contributed by atoms with Crippen molar-refractivity contribution in [1.82, 2.24) is 0 Å². The Bertz CT molecular complexity index is 814. The third-order valence-electron chi connectivity index (χ3n) is 4.94. The van der Waals surface area contributed by atoms with Crippen LogP contribution in [0.4, 0.5) is 22.7 Å². The van der Waals surface area contributed by atoms with Gasteiger partial charge in [0.1, 0.15) is 0 Å². The lowest BCUT2D eigenvalue weighted by Crippen LogP contribution is -2.14. The minimum Gasteiger partial charge on any atom is -0.387 e. The maximum Gasteiger partial charge on any atom is 0.270 e. The molecule has 2 aromatic carbocycles. The minimum absolute atomic E-state index is 0.120. The first-order valence-corrected chi connectivity index (χ1v) is 9.18. The molecule has 3 N–H and O–H groups in total. The fraction of sp³-hybridized carbons (Fsp3) is 0.350. The number of benzene rings is 2. The molecule has 2 aromatic rings. The zero-order chi connectivity index (χ0) is 19.2. The van der Waals surface area contributed by atoms with Gasteiger partial charge in [-0.25, -0.2) is 0 Å². The average Bonchev–Trinajstić information content (AvgIpc) is 3.20. The van der Waals surface area contributed by atoms with Crippen LogP contribution in [0.5, 0.6) is 0 Å². The molecular weight excluding hydrogens is 344 g/mol. The van der Waals surface area contributed by atoms with Crippen LogP contribution in [0.25, 0.3) is 0 Å². The Morgan fingerprint density at radius 2 is 1.78 bits per heavy atom. The van der Waals surface area contributed by atoms with Crippen LogP contribution in [0.2, 0.25) is 0 Å². The number of nitrogens with one attached hydrogen (secondary N) is 3. The summed E-state index contributed by atoms with van der Waals surface area (Å²) in [6, 6.07) is 11.7. The van der Waals surface area contributed by atoms with Gasteiger partial charge < -0.3 is 16.0 Å². The Morgan fingerprint density at radius 3 is 2.41 bits per heavy atom. The molecule has 142 valence electrons. The Kier molecular flexibility index (Phi) is 5.90. The summed E-state index contributed by atoms with van der Waals surface area (Å²) in [5.41, 5.74) is 2.31. The van der Waals surface area contributed by atoms with Crippen LogP contribution < -0.4 is 16.0 Å². The van der Waals surface area contributed by atoms with Crippen molar-refractivity contribution in [3.8, 4) is 0 Å². The fourth-order valence-electron chi connectivity index (χ4n) is 3.40. The predicted octanol–water partition coefficient (Wildman–Crippen LogP) is 4.49. The summed E-state index contributed by atoms with van der Waals surface area (Å²) >= 11 is 0. The van der Waals surface area contributed by atoms with E-state index in [0.29, 0.717) is 11.4 Å². The van der Waals surface area contributed by atoms with Crippen molar-refractivity contribution in [1.29, 1.82) is 0 Å². The fourth-order valence-corrected chi connectivity index (χ4v) is 3.40.